The number of para-hydroxylation sites is 1. The highest BCUT2D eigenvalue weighted by atomic mass is 35.5. The first-order valence-electron chi connectivity index (χ1n) is 15.2. The van der Waals surface area contributed by atoms with Gasteiger partial charge in [-0.1, -0.05) is 60.1 Å². The van der Waals surface area contributed by atoms with Gasteiger partial charge in [-0.25, -0.2) is 4.99 Å². The molecule has 4 aromatic carbocycles. The molecule has 3 amide bonds. The summed E-state index contributed by atoms with van der Waals surface area (Å²) in [6, 6.07) is 29.0. The molecule has 11 heteroatoms. The molecule has 0 aromatic heterocycles. The van der Waals surface area contributed by atoms with Crippen molar-refractivity contribution in [1.82, 2.24) is 15.1 Å². The molecule has 0 aliphatic carbocycles. The largest absolute Gasteiger partial charge is 0.497 e. The standard InChI is InChI=1S/C36H36ClN5O5/c1-41(22-25-10-4-3-5-11-25)34(44)16-9-21-47-32-15-8-14-30-28(32)23-42(24-33(43)38-31-13-7-6-12-29(31)37)36(39-30)40-35(45)26-17-19-27(46-2)20-18-26/h3-8,10-15,17-20H,9,16,21-24H2,1-2H3,(H,38,43)(H,39,40,45). The Kier molecular flexibility index (Phi) is 11.1. The van der Waals surface area contributed by atoms with Crippen molar-refractivity contribution in [3.05, 3.63) is 119 Å². The van der Waals surface area contributed by atoms with Crippen molar-refractivity contribution < 1.29 is 23.9 Å². The highest BCUT2D eigenvalue weighted by Gasteiger charge is 2.26. The SMILES string of the molecule is COc1ccc(C(=O)NC2=Nc3cccc(OCCCC(=O)N(C)Cc4ccccc4)c3CN2CC(=O)Nc2ccccc2Cl)cc1. The van der Waals surface area contributed by atoms with Crippen LogP contribution in [0.1, 0.15) is 34.3 Å². The predicted molar refractivity (Wildman–Crippen MR) is 182 cm³/mol. The number of halogens is 1. The van der Waals surface area contributed by atoms with Crippen LogP contribution in [0.15, 0.2) is 102 Å². The number of fused-ring (bicyclic) bond motifs is 1. The molecular weight excluding hydrogens is 618 g/mol. The van der Waals surface area contributed by atoms with E-state index >= 15 is 0 Å². The zero-order valence-corrected chi connectivity index (χ0v) is 27.0. The number of nitrogens with zero attached hydrogens (tertiary/aromatic N) is 3. The molecule has 0 saturated carbocycles. The van der Waals surface area contributed by atoms with Crippen LogP contribution in [0.25, 0.3) is 0 Å². The average molecular weight is 654 g/mol. The van der Waals surface area contributed by atoms with Gasteiger partial charge in [0.15, 0.2) is 0 Å². The van der Waals surface area contributed by atoms with Crippen molar-refractivity contribution in [3.63, 3.8) is 0 Å². The van der Waals surface area contributed by atoms with Crippen molar-refractivity contribution in [2.75, 3.05) is 32.6 Å². The summed E-state index contributed by atoms with van der Waals surface area (Å²) < 4.78 is 11.3. The maximum Gasteiger partial charge on any atom is 0.257 e. The summed E-state index contributed by atoms with van der Waals surface area (Å²) in [5.74, 6) is 0.736. The molecule has 0 spiro atoms. The minimum absolute atomic E-state index is 0.0325. The molecule has 10 nitrogen and oxygen atoms in total. The number of ether oxygens (including phenoxy) is 2. The molecule has 5 rings (SSSR count). The fourth-order valence-corrected chi connectivity index (χ4v) is 5.21. The number of methoxy groups -OCH3 is 1. The fraction of sp³-hybridized carbons (Fsp3) is 0.222. The van der Waals surface area contributed by atoms with Gasteiger partial charge >= 0.3 is 0 Å². The highest BCUT2D eigenvalue weighted by Crippen LogP contribution is 2.34. The number of carbonyl (C=O) groups is 3. The van der Waals surface area contributed by atoms with E-state index in [1.54, 1.807) is 72.5 Å². The summed E-state index contributed by atoms with van der Waals surface area (Å²) in [7, 11) is 3.35. The van der Waals surface area contributed by atoms with E-state index in [0.29, 0.717) is 59.5 Å². The first-order valence-corrected chi connectivity index (χ1v) is 15.5. The Morgan fingerprint density at radius 2 is 1.66 bits per heavy atom. The molecule has 0 unspecified atom stereocenters. The zero-order valence-electron chi connectivity index (χ0n) is 26.2. The molecule has 47 heavy (non-hydrogen) atoms. The minimum atomic E-state index is -0.388. The molecular formula is C36H36ClN5O5. The molecule has 0 atom stereocenters. The van der Waals surface area contributed by atoms with E-state index in [4.69, 9.17) is 26.1 Å². The van der Waals surface area contributed by atoms with Crippen LogP contribution in [0.2, 0.25) is 5.02 Å². The number of anilines is 1. The van der Waals surface area contributed by atoms with E-state index < -0.39 is 0 Å². The second kappa shape index (κ2) is 15.8. The smallest absolute Gasteiger partial charge is 0.257 e. The van der Waals surface area contributed by atoms with Crippen LogP contribution >= 0.6 is 11.6 Å². The lowest BCUT2D eigenvalue weighted by Gasteiger charge is -2.31. The number of hydrogen-bond acceptors (Lipinski definition) is 7. The second-order valence-corrected chi connectivity index (χ2v) is 11.4. The molecule has 1 heterocycles. The second-order valence-electron chi connectivity index (χ2n) is 10.9. The summed E-state index contributed by atoms with van der Waals surface area (Å²) in [6.45, 7) is 0.978. The van der Waals surface area contributed by atoms with Gasteiger partial charge in [0.25, 0.3) is 5.91 Å². The van der Waals surface area contributed by atoms with Gasteiger partial charge in [0.05, 0.1) is 36.7 Å². The van der Waals surface area contributed by atoms with Crippen LogP contribution in [0, 0.1) is 0 Å². The van der Waals surface area contributed by atoms with Crippen LogP contribution < -0.4 is 20.1 Å². The van der Waals surface area contributed by atoms with Gasteiger partial charge < -0.3 is 24.6 Å². The normalized spacial score (nSPS) is 12.0. The maximum absolute atomic E-state index is 13.2. The van der Waals surface area contributed by atoms with Crippen LogP contribution in [-0.4, -0.2) is 60.8 Å². The van der Waals surface area contributed by atoms with Crippen LogP contribution in [0.3, 0.4) is 0 Å². The predicted octanol–water partition coefficient (Wildman–Crippen LogP) is 6.04. The number of carbonyl (C=O) groups excluding carboxylic acids is 3. The summed E-state index contributed by atoms with van der Waals surface area (Å²) in [6.07, 6.45) is 0.865. The number of nitrogens with one attached hydrogen (secondary N) is 2. The monoisotopic (exact) mass is 653 g/mol. The number of amides is 3. The van der Waals surface area contributed by atoms with Crippen LogP contribution in [0.5, 0.6) is 11.5 Å². The molecule has 4 aromatic rings. The number of benzene rings is 4. The summed E-state index contributed by atoms with van der Waals surface area (Å²) in [4.78, 5) is 47.2. The fourth-order valence-electron chi connectivity index (χ4n) is 5.02. The topological polar surface area (TPSA) is 113 Å². The van der Waals surface area contributed by atoms with E-state index in [9.17, 15) is 14.4 Å². The van der Waals surface area contributed by atoms with Gasteiger partial charge in [-0.2, -0.15) is 0 Å². The molecule has 0 bridgehead atoms. The van der Waals surface area contributed by atoms with E-state index in [1.165, 1.54) is 0 Å². The Bertz CT molecular complexity index is 1750. The lowest BCUT2D eigenvalue weighted by Crippen LogP contribution is -2.48. The quantitative estimate of drug-likeness (QED) is 0.180. The lowest BCUT2D eigenvalue weighted by molar-refractivity contribution is -0.130. The lowest BCUT2D eigenvalue weighted by atomic mass is 10.1. The number of aliphatic imine (C=N–C) groups is 1. The molecule has 1 aliphatic rings. The highest BCUT2D eigenvalue weighted by molar-refractivity contribution is 6.33. The molecule has 0 saturated heterocycles. The number of rotatable bonds is 12. The van der Waals surface area contributed by atoms with Gasteiger partial charge in [0.2, 0.25) is 17.8 Å². The van der Waals surface area contributed by atoms with Crippen LogP contribution in [0.4, 0.5) is 11.4 Å². The first-order chi connectivity index (χ1) is 22.8. The third-order valence-electron chi connectivity index (χ3n) is 7.52. The van der Waals surface area contributed by atoms with E-state index in [0.717, 1.165) is 11.1 Å². The van der Waals surface area contributed by atoms with Crippen LogP contribution in [-0.2, 0) is 22.7 Å². The Labute approximate surface area is 279 Å². The van der Waals surface area contributed by atoms with Gasteiger partial charge in [0.1, 0.15) is 18.0 Å². The maximum atomic E-state index is 13.2. The summed E-state index contributed by atoms with van der Waals surface area (Å²) in [5, 5.41) is 6.10. The van der Waals surface area contributed by atoms with E-state index in [1.807, 2.05) is 48.5 Å². The third-order valence-corrected chi connectivity index (χ3v) is 7.85. The number of hydrogen-bond donors (Lipinski definition) is 2. The van der Waals surface area contributed by atoms with Gasteiger partial charge in [0, 0.05) is 31.1 Å². The van der Waals surface area contributed by atoms with Gasteiger partial charge in [-0.15, -0.1) is 0 Å². The Balaban J connectivity index is 1.28. The molecule has 0 fully saturated rings. The van der Waals surface area contributed by atoms with Gasteiger partial charge in [-0.05, 0) is 60.5 Å². The molecule has 2 N–H and O–H groups in total. The number of guanidine groups is 1. The van der Waals surface area contributed by atoms with Crippen molar-refractivity contribution in [2.24, 2.45) is 4.99 Å². The van der Waals surface area contributed by atoms with E-state index in [2.05, 4.69) is 10.6 Å². The minimum Gasteiger partial charge on any atom is -0.497 e. The average Bonchev–Trinajstić information content (AvgIpc) is 3.08. The summed E-state index contributed by atoms with van der Waals surface area (Å²) >= 11 is 6.26. The third kappa shape index (κ3) is 8.89. The molecule has 242 valence electrons. The van der Waals surface area contributed by atoms with Crippen molar-refractivity contribution >= 4 is 46.7 Å². The zero-order chi connectivity index (χ0) is 33.2. The Morgan fingerprint density at radius 1 is 0.915 bits per heavy atom. The molecule has 0 radical (unpaired) electrons. The van der Waals surface area contributed by atoms with E-state index in [-0.39, 0.29) is 36.8 Å². The molecule has 1 aliphatic heterocycles. The Hall–Kier alpha value is -5.35. The van der Waals surface area contributed by atoms with Crippen molar-refractivity contribution in [3.8, 4) is 11.5 Å². The van der Waals surface area contributed by atoms with Crippen molar-refractivity contribution in [2.45, 2.75) is 25.9 Å². The first kappa shape index (κ1) is 33.0. The summed E-state index contributed by atoms with van der Waals surface area (Å²) in [5.41, 5.74) is 3.31. The Morgan fingerprint density at radius 3 is 2.40 bits per heavy atom. The van der Waals surface area contributed by atoms with Gasteiger partial charge in [-0.3, -0.25) is 19.7 Å². The van der Waals surface area contributed by atoms with Crippen molar-refractivity contribution in [1.29, 1.82) is 0 Å².